The van der Waals surface area contributed by atoms with E-state index < -0.39 is 16.1 Å². The molecular weight excluding hydrogens is 365 g/mol. The number of halogens is 1. The molecule has 1 aliphatic heterocycles. The quantitative estimate of drug-likeness (QED) is 0.752. The fourth-order valence-corrected chi connectivity index (χ4v) is 5.14. The molecule has 0 aliphatic carbocycles. The molecule has 130 valence electrons. The number of nitrogens with zero attached hydrogens (tertiary/aromatic N) is 2. The molecule has 4 rings (SSSR count). The van der Waals surface area contributed by atoms with Crippen LogP contribution in [0.3, 0.4) is 0 Å². The Morgan fingerprint density at radius 2 is 2.20 bits per heavy atom. The van der Waals surface area contributed by atoms with Gasteiger partial charge in [0.25, 0.3) is 5.71 Å². The lowest BCUT2D eigenvalue weighted by Gasteiger charge is -2.25. The highest BCUT2D eigenvalue weighted by Gasteiger charge is 2.27. The molecule has 0 radical (unpaired) electrons. The summed E-state index contributed by atoms with van der Waals surface area (Å²) >= 11 is 1.59. The normalized spacial score (nSPS) is 17.6. The molecule has 0 amide bonds. The minimum atomic E-state index is -3.82. The van der Waals surface area contributed by atoms with Gasteiger partial charge in [-0.25, -0.2) is 22.5 Å². The Bertz CT molecular complexity index is 1070. The van der Waals surface area contributed by atoms with Crippen molar-refractivity contribution in [1.29, 1.82) is 0 Å². The Morgan fingerprint density at radius 1 is 1.36 bits per heavy atom. The van der Waals surface area contributed by atoms with Crippen molar-refractivity contribution in [3.05, 3.63) is 47.5 Å². The maximum absolute atomic E-state index is 13.6. The van der Waals surface area contributed by atoms with Crippen LogP contribution in [0.15, 0.2) is 44.8 Å². The molecule has 1 N–H and O–H groups in total. The first-order valence-electron chi connectivity index (χ1n) is 7.61. The van der Waals surface area contributed by atoms with Crippen molar-refractivity contribution in [3.8, 4) is 0 Å². The minimum Gasteiger partial charge on any atom is -0.336 e. The Labute approximate surface area is 147 Å². The Morgan fingerprint density at radius 3 is 3.04 bits per heavy atom. The van der Waals surface area contributed by atoms with E-state index in [0.717, 1.165) is 10.6 Å². The number of pyridine rings is 1. The zero-order valence-electron chi connectivity index (χ0n) is 13.2. The molecule has 1 aliphatic rings. The first-order valence-corrected chi connectivity index (χ1v) is 10.1. The lowest BCUT2D eigenvalue weighted by molar-refractivity contribution is 0.442. The number of fused-ring (bicyclic) bond motifs is 2. The van der Waals surface area contributed by atoms with Gasteiger partial charge in [0, 0.05) is 10.9 Å². The van der Waals surface area contributed by atoms with Gasteiger partial charge in [-0.15, -0.1) is 11.8 Å². The van der Waals surface area contributed by atoms with Crippen LogP contribution >= 0.6 is 11.8 Å². The van der Waals surface area contributed by atoms with Gasteiger partial charge in [-0.1, -0.05) is 5.16 Å². The molecule has 0 bridgehead atoms. The SMILES string of the molecule is Cc1noc2ncc(S(=O)(=O)NC3CCSc4ccc(F)cc43)cc12. The fourth-order valence-electron chi connectivity index (χ4n) is 2.82. The van der Waals surface area contributed by atoms with Gasteiger partial charge < -0.3 is 4.52 Å². The molecular formula is C16H14FN3O3S2. The van der Waals surface area contributed by atoms with Gasteiger partial charge in [-0.2, -0.15) is 0 Å². The molecule has 0 spiro atoms. The van der Waals surface area contributed by atoms with Crippen molar-refractivity contribution < 1.29 is 17.3 Å². The summed E-state index contributed by atoms with van der Waals surface area (Å²) in [7, 11) is -3.82. The number of aromatic nitrogens is 2. The van der Waals surface area contributed by atoms with Gasteiger partial charge in [-0.3, -0.25) is 0 Å². The zero-order chi connectivity index (χ0) is 17.6. The number of benzene rings is 1. The van der Waals surface area contributed by atoms with E-state index in [0.29, 0.717) is 23.1 Å². The summed E-state index contributed by atoms with van der Waals surface area (Å²) in [4.78, 5) is 4.93. The first kappa shape index (κ1) is 16.5. The van der Waals surface area contributed by atoms with Gasteiger partial charge >= 0.3 is 0 Å². The lowest BCUT2D eigenvalue weighted by Crippen LogP contribution is -2.31. The fraction of sp³-hybridized carbons (Fsp3) is 0.250. The van der Waals surface area contributed by atoms with E-state index >= 15 is 0 Å². The lowest BCUT2D eigenvalue weighted by atomic mass is 10.0. The molecule has 0 saturated heterocycles. The second-order valence-corrected chi connectivity index (χ2v) is 8.64. The van der Waals surface area contributed by atoms with Gasteiger partial charge in [-0.05, 0) is 48.9 Å². The van der Waals surface area contributed by atoms with Crippen LogP contribution in [0.1, 0.15) is 23.7 Å². The van der Waals surface area contributed by atoms with Crippen molar-refractivity contribution in [3.63, 3.8) is 0 Å². The minimum absolute atomic E-state index is 0.0301. The van der Waals surface area contributed by atoms with Crippen LogP contribution in [0.5, 0.6) is 0 Å². The number of rotatable bonds is 3. The Hall–Kier alpha value is -1.97. The molecule has 1 unspecified atom stereocenters. The third kappa shape index (κ3) is 3.03. The smallest absolute Gasteiger partial charge is 0.257 e. The second-order valence-electron chi connectivity index (χ2n) is 5.78. The number of hydrogen-bond donors (Lipinski definition) is 1. The van der Waals surface area contributed by atoms with Gasteiger partial charge in [0.2, 0.25) is 10.0 Å². The van der Waals surface area contributed by atoms with Crippen LogP contribution in [-0.2, 0) is 10.0 Å². The van der Waals surface area contributed by atoms with E-state index in [2.05, 4.69) is 14.9 Å². The highest BCUT2D eigenvalue weighted by Crippen LogP contribution is 2.37. The highest BCUT2D eigenvalue weighted by atomic mass is 32.2. The summed E-state index contributed by atoms with van der Waals surface area (Å²) < 4.78 is 46.8. The van der Waals surface area contributed by atoms with Crippen molar-refractivity contribution in [2.24, 2.45) is 0 Å². The first-order chi connectivity index (χ1) is 11.9. The van der Waals surface area contributed by atoms with Crippen LogP contribution in [0.4, 0.5) is 4.39 Å². The predicted octanol–water partition coefficient (Wildman–Crippen LogP) is 3.19. The number of aryl methyl sites for hydroxylation is 1. The highest BCUT2D eigenvalue weighted by molar-refractivity contribution is 7.99. The van der Waals surface area contributed by atoms with E-state index in [1.165, 1.54) is 24.4 Å². The molecule has 1 atom stereocenters. The van der Waals surface area contributed by atoms with Crippen LogP contribution < -0.4 is 4.72 Å². The summed E-state index contributed by atoms with van der Waals surface area (Å²) in [5.74, 6) is 0.377. The van der Waals surface area contributed by atoms with Gasteiger partial charge in [0.1, 0.15) is 10.7 Å². The summed E-state index contributed by atoms with van der Waals surface area (Å²) in [6.07, 6.45) is 1.82. The standard InChI is InChI=1S/C16H14FN3O3S2/c1-9-12-7-11(8-18-16(12)23-19-9)25(21,22)20-14-4-5-24-15-3-2-10(17)6-13(14)15/h2-3,6-8,14,20H,4-5H2,1H3. The van der Waals surface area contributed by atoms with Crippen LogP contribution in [0.25, 0.3) is 11.1 Å². The van der Waals surface area contributed by atoms with E-state index in [1.807, 2.05) is 0 Å². The topological polar surface area (TPSA) is 85.1 Å². The van der Waals surface area contributed by atoms with Crippen molar-refractivity contribution in [2.75, 3.05) is 5.75 Å². The van der Waals surface area contributed by atoms with Gasteiger partial charge in [0.05, 0.1) is 17.3 Å². The van der Waals surface area contributed by atoms with Crippen molar-refractivity contribution in [1.82, 2.24) is 14.9 Å². The van der Waals surface area contributed by atoms with E-state index in [9.17, 15) is 12.8 Å². The molecule has 0 fully saturated rings. The second kappa shape index (κ2) is 6.08. The number of nitrogens with one attached hydrogen (secondary N) is 1. The Kier molecular flexibility index (Phi) is 4.01. The molecule has 6 nitrogen and oxygen atoms in total. The summed E-state index contributed by atoms with van der Waals surface area (Å²) in [6.45, 7) is 1.72. The third-order valence-electron chi connectivity index (χ3n) is 4.10. The molecule has 9 heteroatoms. The van der Waals surface area contributed by atoms with Crippen LogP contribution in [0, 0.1) is 12.7 Å². The van der Waals surface area contributed by atoms with Crippen molar-refractivity contribution in [2.45, 2.75) is 29.2 Å². The summed E-state index contributed by atoms with van der Waals surface area (Å²) in [5, 5.41) is 4.33. The van der Waals surface area contributed by atoms with E-state index in [4.69, 9.17) is 4.52 Å². The average molecular weight is 379 g/mol. The Balaban J connectivity index is 1.70. The molecule has 3 heterocycles. The zero-order valence-corrected chi connectivity index (χ0v) is 14.8. The number of hydrogen-bond acceptors (Lipinski definition) is 6. The predicted molar refractivity (Wildman–Crippen MR) is 91.3 cm³/mol. The monoisotopic (exact) mass is 379 g/mol. The number of thioether (sulfide) groups is 1. The molecule has 0 saturated carbocycles. The van der Waals surface area contributed by atoms with E-state index in [1.54, 1.807) is 24.8 Å². The average Bonchev–Trinajstić information content (AvgIpc) is 2.96. The molecule has 2 aromatic heterocycles. The maximum atomic E-state index is 13.6. The third-order valence-corrected chi connectivity index (χ3v) is 6.67. The maximum Gasteiger partial charge on any atom is 0.257 e. The summed E-state index contributed by atoms with van der Waals surface area (Å²) in [5.41, 5.74) is 1.52. The largest absolute Gasteiger partial charge is 0.336 e. The molecule has 1 aromatic carbocycles. The van der Waals surface area contributed by atoms with Gasteiger partial charge in [0.15, 0.2) is 0 Å². The number of sulfonamides is 1. The van der Waals surface area contributed by atoms with Crippen molar-refractivity contribution >= 4 is 32.9 Å². The van der Waals surface area contributed by atoms with Crippen LogP contribution in [-0.4, -0.2) is 24.3 Å². The van der Waals surface area contributed by atoms with E-state index in [-0.39, 0.29) is 16.4 Å². The van der Waals surface area contributed by atoms with Crippen LogP contribution in [0.2, 0.25) is 0 Å². The summed E-state index contributed by atoms with van der Waals surface area (Å²) in [6, 6.07) is 5.47. The molecule has 25 heavy (non-hydrogen) atoms. The molecule has 3 aromatic rings.